The summed E-state index contributed by atoms with van der Waals surface area (Å²) in [5, 5.41) is 5.47. The van der Waals surface area contributed by atoms with Crippen molar-refractivity contribution in [1.29, 1.82) is 0 Å². The predicted molar refractivity (Wildman–Crippen MR) is 100 cm³/mol. The van der Waals surface area contributed by atoms with Crippen molar-refractivity contribution >= 4 is 23.7 Å². The molecule has 1 fully saturated rings. The number of nitrogens with zero attached hydrogens (tertiary/aromatic N) is 2. The highest BCUT2D eigenvalue weighted by Crippen LogP contribution is 2.34. The molecule has 27 heavy (non-hydrogen) atoms. The molecule has 0 bridgehead atoms. The van der Waals surface area contributed by atoms with Crippen LogP contribution in [0.15, 0.2) is 18.2 Å². The molecule has 0 radical (unpaired) electrons. The smallest absolute Gasteiger partial charge is 0.329 e. The number of hydrogen-bond acceptors (Lipinski definition) is 5. The fourth-order valence-corrected chi connectivity index (χ4v) is 2.75. The van der Waals surface area contributed by atoms with E-state index < -0.39 is 12.1 Å². The summed E-state index contributed by atoms with van der Waals surface area (Å²) >= 11 is 0. The fraction of sp³-hybridized carbons (Fsp3) is 0.500. The number of nitrogens with one attached hydrogen (secondary N) is 2. The first kappa shape index (κ1) is 20.3. The third-order valence-electron chi connectivity index (χ3n) is 4.25. The standard InChI is InChI=1S/C18H26N4O5/c1-21(2)17(24)19-10-6-5-7-13-16(23)22(18(25)20-13)14-9-8-12(26-3)11-15(14)27-4/h8-9,11,13H,5-7,10H2,1-4H3,(H,19,24)(H,20,25)/t13-/m0/s1. The van der Waals surface area contributed by atoms with E-state index in [0.29, 0.717) is 43.0 Å². The van der Waals surface area contributed by atoms with Crippen LogP contribution in [0.3, 0.4) is 0 Å². The van der Waals surface area contributed by atoms with Crippen LogP contribution in [-0.4, -0.2) is 63.8 Å². The Kier molecular flexibility index (Phi) is 6.86. The van der Waals surface area contributed by atoms with Crippen LogP contribution in [0.5, 0.6) is 11.5 Å². The predicted octanol–water partition coefficient (Wildman–Crippen LogP) is 1.57. The van der Waals surface area contributed by atoms with Gasteiger partial charge in [-0.25, -0.2) is 14.5 Å². The molecular weight excluding hydrogens is 352 g/mol. The molecule has 0 aliphatic carbocycles. The summed E-state index contributed by atoms with van der Waals surface area (Å²) in [6, 6.07) is 3.69. The van der Waals surface area contributed by atoms with E-state index in [9.17, 15) is 14.4 Å². The van der Waals surface area contributed by atoms with Gasteiger partial charge in [0.25, 0.3) is 5.91 Å². The van der Waals surface area contributed by atoms with Gasteiger partial charge >= 0.3 is 12.1 Å². The Morgan fingerprint density at radius 2 is 1.96 bits per heavy atom. The number of benzene rings is 1. The maximum Gasteiger partial charge on any atom is 0.329 e. The van der Waals surface area contributed by atoms with Gasteiger partial charge in [-0.05, 0) is 31.4 Å². The largest absolute Gasteiger partial charge is 0.497 e. The first-order valence-electron chi connectivity index (χ1n) is 8.70. The minimum atomic E-state index is -0.589. The molecule has 148 valence electrons. The van der Waals surface area contributed by atoms with Gasteiger partial charge < -0.3 is 25.0 Å². The number of ether oxygens (including phenoxy) is 2. The van der Waals surface area contributed by atoms with Gasteiger partial charge in [0.05, 0.1) is 19.9 Å². The average Bonchev–Trinajstić information content (AvgIpc) is 2.94. The lowest BCUT2D eigenvalue weighted by Gasteiger charge is -2.17. The number of unbranched alkanes of at least 4 members (excludes halogenated alkanes) is 1. The van der Waals surface area contributed by atoms with Crippen molar-refractivity contribution in [3.63, 3.8) is 0 Å². The third kappa shape index (κ3) is 4.81. The van der Waals surface area contributed by atoms with Crippen LogP contribution in [0.1, 0.15) is 19.3 Å². The zero-order chi connectivity index (χ0) is 20.0. The molecule has 9 heteroatoms. The number of methoxy groups -OCH3 is 2. The van der Waals surface area contributed by atoms with E-state index in [1.165, 1.54) is 19.1 Å². The number of amides is 5. The molecule has 2 N–H and O–H groups in total. The lowest BCUT2D eigenvalue weighted by Crippen LogP contribution is -2.35. The molecule has 1 aliphatic heterocycles. The van der Waals surface area contributed by atoms with Gasteiger partial charge in [0.15, 0.2) is 0 Å². The molecule has 1 aromatic rings. The van der Waals surface area contributed by atoms with Crippen molar-refractivity contribution in [1.82, 2.24) is 15.5 Å². The van der Waals surface area contributed by atoms with Crippen molar-refractivity contribution in [3.05, 3.63) is 18.2 Å². The van der Waals surface area contributed by atoms with Gasteiger partial charge in [-0.15, -0.1) is 0 Å². The summed E-state index contributed by atoms with van der Waals surface area (Å²) in [5.74, 6) is 0.629. The highest BCUT2D eigenvalue weighted by Gasteiger charge is 2.39. The van der Waals surface area contributed by atoms with Crippen LogP contribution in [0.25, 0.3) is 0 Å². The number of urea groups is 2. The van der Waals surface area contributed by atoms with E-state index in [4.69, 9.17) is 9.47 Å². The van der Waals surface area contributed by atoms with Crippen molar-refractivity contribution in [2.75, 3.05) is 39.8 Å². The monoisotopic (exact) mass is 378 g/mol. The molecule has 1 atom stereocenters. The van der Waals surface area contributed by atoms with Gasteiger partial charge in [-0.2, -0.15) is 0 Å². The van der Waals surface area contributed by atoms with Crippen LogP contribution in [0.2, 0.25) is 0 Å². The highest BCUT2D eigenvalue weighted by atomic mass is 16.5. The molecule has 0 saturated carbocycles. The van der Waals surface area contributed by atoms with Gasteiger partial charge in [0.1, 0.15) is 17.5 Å². The molecule has 1 aromatic carbocycles. The zero-order valence-electron chi connectivity index (χ0n) is 16.1. The first-order valence-corrected chi connectivity index (χ1v) is 8.70. The Hall–Kier alpha value is -2.97. The molecule has 2 rings (SSSR count). The molecule has 1 aliphatic rings. The Morgan fingerprint density at radius 3 is 2.59 bits per heavy atom. The third-order valence-corrected chi connectivity index (χ3v) is 4.25. The summed E-state index contributed by atoms with van der Waals surface area (Å²) in [4.78, 5) is 39.0. The fourth-order valence-electron chi connectivity index (χ4n) is 2.75. The zero-order valence-corrected chi connectivity index (χ0v) is 16.1. The van der Waals surface area contributed by atoms with Crippen LogP contribution in [-0.2, 0) is 4.79 Å². The minimum Gasteiger partial charge on any atom is -0.497 e. The van der Waals surface area contributed by atoms with Crippen LogP contribution >= 0.6 is 0 Å². The maximum absolute atomic E-state index is 12.7. The number of hydrogen-bond donors (Lipinski definition) is 2. The summed E-state index contributed by atoms with van der Waals surface area (Å²) in [6.45, 7) is 0.516. The summed E-state index contributed by atoms with van der Waals surface area (Å²) in [7, 11) is 6.34. The lowest BCUT2D eigenvalue weighted by atomic mass is 10.1. The molecular formula is C18H26N4O5. The Morgan fingerprint density at radius 1 is 1.22 bits per heavy atom. The number of carbonyl (C=O) groups excluding carboxylic acids is 3. The first-order chi connectivity index (χ1) is 12.9. The second kappa shape index (κ2) is 9.11. The molecule has 1 heterocycles. The molecule has 5 amide bonds. The van der Waals surface area contributed by atoms with Gasteiger partial charge in [0.2, 0.25) is 0 Å². The van der Waals surface area contributed by atoms with Crippen LogP contribution in [0.4, 0.5) is 15.3 Å². The van der Waals surface area contributed by atoms with Gasteiger partial charge in [-0.3, -0.25) is 4.79 Å². The Bertz CT molecular complexity index is 707. The molecule has 9 nitrogen and oxygen atoms in total. The van der Waals surface area contributed by atoms with E-state index in [2.05, 4.69) is 10.6 Å². The maximum atomic E-state index is 12.7. The quantitative estimate of drug-likeness (QED) is 0.528. The van der Waals surface area contributed by atoms with Crippen molar-refractivity contribution in [2.45, 2.75) is 25.3 Å². The highest BCUT2D eigenvalue weighted by molar-refractivity contribution is 6.22. The summed E-state index contributed by atoms with van der Waals surface area (Å²) in [5.41, 5.74) is 0.376. The number of imide groups is 1. The Balaban J connectivity index is 1.94. The SMILES string of the molecule is COc1ccc(N2C(=O)N[C@@H](CCCCNC(=O)N(C)C)C2=O)c(OC)c1. The van der Waals surface area contributed by atoms with Crippen LogP contribution < -0.4 is 25.0 Å². The van der Waals surface area contributed by atoms with Crippen LogP contribution in [0, 0.1) is 0 Å². The van der Waals surface area contributed by atoms with E-state index in [1.807, 2.05) is 0 Å². The lowest BCUT2D eigenvalue weighted by molar-refractivity contribution is -0.118. The van der Waals surface area contributed by atoms with Crippen molar-refractivity contribution < 1.29 is 23.9 Å². The average molecular weight is 378 g/mol. The second-order valence-electron chi connectivity index (χ2n) is 6.34. The van der Waals surface area contributed by atoms with Gasteiger partial charge in [0, 0.05) is 26.7 Å². The number of anilines is 1. The van der Waals surface area contributed by atoms with E-state index in [1.54, 1.807) is 32.3 Å². The van der Waals surface area contributed by atoms with Gasteiger partial charge in [-0.1, -0.05) is 0 Å². The molecule has 0 spiro atoms. The Labute approximate surface area is 158 Å². The van der Waals surface area contributed by atoms with E-state index >= 15 is 0 Å². The van der Waals surface area contributed by atoms with E-state index in [-0.39, 0.29) is 11.9 Å². The number of rotatable bonds is 8. The summed E-state index contributed by atoms with van der Waals surface area (Å²) in [6.07, 6.45) is 1.90. The van der Waals surface area contributed by atoms with Crippen molar-refractivity contribution in [2.24, 2.45) is 0 Å². The molecule has 0 unspecified atom stereocenters. The molecule has 0 aromatic heterocycles. The number of carbonyl (C=O) groups is 3. The van der Waals surface area contributed by atoms with Crippen molar-refractivity contribution in [3.8, 4) is 11.5 Å². The van der Waals surface area contributed by atoms with E-state index in [0.717, 1.165) is 4.90 Å². The summed E-state index contributed by atoms with van der Waals surface area (Å²) < 4.78 is 10.4. The second-order valence-corrected chi connectivity index (χ2v) is 6.34. The minimum absolute atomic E-state index is 0.155. The topological polar surface area (TPSA) is 100 Å². The normalized spacial score (nSPS) is 16.1. The molecule has 1 saturated heterocycles.